The van der Waals surface area contributed by atoms with E-state index in [1.165, 1.54) is 11.3 Å². The van der Waals surface area contributed by atoms with E-state index in [4.69, 9.17) is 10.5 Å². The van der Waals surface area contributed by atoms with Crippen molar-refractivity contribution in [3.05, 3.63) is 39.1 Å². The predicted molar refractivity (Wildman–Crippen MR) is 60.6 cm³/mol. The molecule has 16 heavy (non-hydrogen) atoms. The summed E-state index contributed by atoms with van der Waals surface area (Å²) in [5, 5.41) is 19.6. The summed E-state index contributed by atoms with van der Waals surface area (Å²) in [6.07, 6.45) is 1.65. The number of rotatable bonds is 0. The Labute approximate surface area is 96.6 Å². The van der Waals surface area contributed by atoms with E-state index in [1.807, 2.05) is 12.1 Å². The van der Waals surface area contributed by atoms with Crippen molar-refractivity contribution in [1.29, 1.82) is 10.5 Å². The number of hydrogen-bond donors (Lipinski definition) is 0. The van der Waals surface area contributed by atoms with Gasteiger partial charge in [-0.05, 0) is 18.4 Å². The minimum Gasteiger partial charge on any atom is -0.289 e. The van der Waals surface area contributed by atoms with E-state index in [9.17, 15) is 4.79 Å². The molecule has 1 aromatic rings. The lowest BCUT2D eigenvalue weighted by Gasteiger charge is -1.98. The summed E-state index contributed by atoms with van der Waals surface area (Å²) in [6, 6.07) is 5.41. The zero-order chi connectivity index (χ0) is 11.7. The largest absolute Gasteiger partial charge is 0.289 e. The topological polar surface area (TPSA) is 64.7 Å². The maximum absolute atomic E-state index is 11.9. The van der Waals surface area contributed by atoms with Gasteiger partial charge in [-0.25, -0.2) is 0 Å². The van der Waals surface area contributed by atoms with Crippen molar-refractivity contribution < 1.29 is 4.79 Å². The van der Waals surface area contributed by atoms with Gasteiger partial charge >= 0.3 is 0 Å². The second kappa shape index (κ2) is 3.77. The van der Waals surface area contributed by atoms with Crippen LogP contribution in [-0.4, -0.2) is 5.78 Å². The van der Waals surface area contributed by atoms with Gasteiger partial charge in [-0.1, -0.05) is 6.08 Å². The molecule has 1 aromatic heterocycles. The summed E-state index contributed by atoms with van der Waals surface area (Å²) in [6.45, 7) is 1.73. The Kier molecular flexibility index (Phi) is 2.44. The van der Waals surface area contributed by atoms with E-state index in [1.54, 1.807) is 24.4 Å². The molecule has 0 atom stereocenters. The van der Waals surface area contributed by atoms with Crippen molar-refractivity contribution in [2.24, 2.45) is 0 Å². The van der Waals surface area contributed by atoms with Crippen LogP contribution >= 0.6 is 11.3 Å². The van der Waals surface area contributed by atoms with E-state index in [0.29, 0.717) is 16.7 Å². The molecule has 0 saturated carbocycles. The normalized spacial score (nSPS) is 15.8. The molecule has 1 aliphatic carbocycles. The van der Waals surface area contributed by atoms with E-state index in [-0.39, 0.29) is 11.4 Å². The molecule has 0 aliphatic heterocycles. The molecule has 0 spiro atoms. The third kappa shape index (κ3) is 1.21. The molecule has 4 heteroatoms. The predicted octanol–water partition coefficient (Wildman–Crippen LogP) is 2.69. The molecule has 0 N–H and O–H groups in total. The van der Waals surface area contributed by atoms with Gasteiger partial charge in [-0.15, -0.1) is 11.3 Å². The molecule has 0 fully saturated rings. The number of fused-ring (bicyclic) bond motifs is 1. The van der Waals surface area contributed by atoms with Gasteiger partial charge in [-0.2, -0.15) is 10.5 Å². The van der Waals surface area contributed by atoms with Gasteiger partial charge < -0.3 is 0 Å². The Morgan fingerprint density at radius 2 is 2.12 bits per heavy atom. The molecular formula is C12H6N2OS. The van der Waals surface area contributed by atoms with Gasteiger partial charge in [0, 0.05) is 21.6 Å². The summed E-state index contributed by atoms with van der Waals surface area (Å²) >= 11 is 1.38. The van der Waals surface area contributed by atoms with Crippen molar-refractivity contribution in [2.45, 2.75) is 6.92 Å². The third-order valence-electron chi connectivity index (χ3n) is 2.41. The maximum Gasteiger partial charge on any atom is 0.194 e. The second-order valence-corrected chi connectivity index (χ2v) is 4.08. The first-order chi connectivity index (χ1) is 7.74. The van der Waals surface area contributed by atoms with E-state index >= 15 is 0 Å². The molecule has 0 aromatic carbocycles. The number of Topliss-reactive ketones (excluding diaryl/α,β-unsaturated/α-hetero) is 1. The van der Waals surface area contributed by atoms with Gasteiger partial charge in [0.05, 0.1) is 0 Å². The van der Waals surface area contributed by atoms with Crippen LogP contribution in [0.15, 0.2) is 28.7 Å². The fourth-order valence-electron chi connectivity index (χ4n) is 1.72. The lowest BCUT2D eigenvalue weighted by Crippen LogP contribution is -1.94. The van der Waals surface area contributed by atoms with Crippen molar-refractivity contribution in [3.8, 4) is 12.1 Å². The number of hydrogen-bond acceptors (Lipinski definition) is 4. The van der Waals surface area contributed by atoms with E-state index in [0.717, 1.165) is 4.88 Å². The molecule has 76 valence electrons. The standard InChI is InChI=1S/C12H6N2OS/c1-2-8-10(7(5-13)6-14)12-9(11(8)15)3-4-16-12/h2-4H,1H3/b8-2-. The first-order valence-corrected chi connectivity index (χ1v) is 5.46. The van der Waals surface area contributed by atoms with Crippen molar-refractivity contribution >= 4 is 22.7 Å². The monoisotopic (exact) mass is 226 g/mol. The number of nitriles is 2. The zero-order valence-corrected chi connectivity index (χ0v) is 9.26. The number of allylic oxidation sites excluding steroid dienone is 4. The van der Waals surface area contributed by atoms with Crippen LogP contribution in [0.25, 0.3) is 5.57 Å². The van der Waals surface area contributed by atoms with Gasteiger partial charge in [0.2, 0.25) is 0 Å². The van der Waals surface area contributed by atoms with Crippen LogP contribution in [0.2, 0.25) is 0 Å². The lowest BCUT2D eigenvalue weighted by atomic mass is 10.0. The molecule has 1 heterocycles. The van der Waals surface area contributed by atoms with Gasteiger partial charge in [-0.3, -0.25) is 4.79 Å². The van der Waals surface area contributed by atoms with Crippen LogP contribution in [0, 0.1) is 22.7 Å². The summed E-state index contributed by atoms with van der Waals surface area (Å²) in [7, 11) is 0. The number of carbonyl (C=O) groups excluding carboxylic acids is 1. The smallest absolute Gasteiger partial charge is 0.194 e. The Balaban J connectivity index is 2.83. The first kappa shape index (κ1) is 10.4. The number of carbonyl (C=O) groups is 1. The SMILES string of the molecule is C/C=C1\C(=O)c2ccsc2C1=C(C#N)C#N. The first-order valence-electron chi connectivity index (χ1n) is 4.58. The zero-order valence-electron chi connectivity index (χ0n) is 8.44. The summed E-state index contributed by atoms with van der Waals surface area (Å²) in [5.74, 6) is -0.100. The fourth-order valence-corrected chi connectivity index (χ4v) is 2.68. The Hall–Kier alpha value is -2.17. The van der Waals surface area contributed by atoms with Crippen LogP contribution < -0.4 is 0 Å². The van der Waals surface area contributed by atoms with Crippen LogP contribution in [0.5, 0.6) is 0 Å². The maximum atomic E-state index is 11.9. The van der Waals surface area contributed by atoms with Crippen LogP contribution in [0.1, 0.15) is 22.2 Å². The molecule has 2 rings (SSSR count). The minimum atomic E-state index is -0.100. The van der Waals surface area contributed by atoms with Crippen molar-refractivity contribution in [2.75, 3.05) is 0 Å². The fraction of sp³-hybridized carbons (Fsp3) is 0.0833. The number of nitrogens with zero attached hydrogens (tertiary/aromatic N) is 2. The summed E-state index contributed by atoms with van der Waals surface area (Å²) < 4.78 is 0. The van der Waals surface area contributed by atoms with Crippen LogP contribution in [-0.2, 0) is 0 Å². The Morgan fingerprint density at radius 3 is 2.69 bits per heavy atom. The Bertz CT molecular complexity index is 604. The molecular weight excluding hydrogens is 220 g/mol. The average Bonchev–Trinajstić information content (AvgIpc) is 2.85. The van der Waals surface area contributed by atoms with Gasteiger partial charge in [0.1, 0.15) is 17.7 Å². The Morgan fingerprint density at radius 1 is 1.44 bits per heavy atom. The highest BCUT2D eigenvalue weighted by Crippen LogP contribution is 2.41. The molecule has 0 saturated heterocycles. The molecule has 1 aliphatic rings. The van der Waals surface area contributed by atoms with Crippen LogP contribution in [0.3, 0.4) is 0 Å². The second-order valence-electron chi connectivity index (χ2n) is 3.17. The molecule has 3 nitrogen and oxygen atoms in total. The highest BCUT2D eigenvalue weighted by atomic mass is 32.1. The highest BCUT2D eigenvalue weighted by Gasteiger charge is 2.32. The summed E-state index contributed by atoms with van der Waals surface area (Å²) in [5.41, 5.74) is 1.54. The van der Waals surface area contributed by atoms with Crippen LogP contribution in [0.4, 0.5) is 0 Å². The molecule has 0 unspecified atom stereocenters. The average molecular weight is 226 g/mol. The van der Waals surface area contributed by atoms with Crippen molar-refractivity contribution in [1.82, 2.24) is 0 Å². The minimum absolute atomic E-state index is 0.00245. The van der Waals surface area contributed by atoms with Gasteiger partial charge in [0.25, 0.3) is 0 Å². The molecule has 0 amide bonds. The van der Waals surface area contributed by atoms with E-state index < -0.39 is 0 Å². The van der Waals surface area contributed by atoms with Gasteiger partial charge in [0.15, 0.2) is 5.78 Å². The number of thiophene rings is 1. The lowest BCUT2D eigenvalue weighted by molar-refractivity contribution is 0.104. The van der Waals surface area contributed by atoms with Crippen molar-refractivity contribution in [3.63, 3.8) is 0 Å². The quantitative estimate of drug-likeness (QED) is 0.504. The number of ketones is 1. The summed E-state index contributed by atoms with van der Waals surface area (Å²) in [4.78, 5) is 12.7. The highest BCUT2D eigenvalue weighted by molar-refractivity contribution is 7.12. The van der Waals surface area contributed by atoms with E-state index in [2.05, 4.69) is 0 Å². The molecule has 0 bridgehead atoms. The third-order valence-corrected chi connectivity index (χ3v) is 3.35. The molecule has 0 radical (unpaired) electrons.